The fourth-order valence-corrected chi connectivity index (χ4v) is 3.92. The number of hydrogen-bond acceptors (Lipinski definition) is 5. The number of rotatable bonds is 4. The van der Waals surface area contributed by atoms with Crippen molar-refractivity contribution in [2.75, 3.05) is 19.3 Å². The van der Waals surface area contributed by atoms with Crippen LogP contribution in [0.3, 0.4) is 0 Å². The van der Waals surface area contributed by atoms with Gasteiger partial charge in [-0.3, -0.25) is 4.79 Å². The molecule has 0 aromatic carbocycles. The summed E-state index contributed by atoms with van der Waals surface area (Å²) in [7, 11) is -3.24. The Balaban J connectivity index is 1.91. The van der Waals surface area contributed by atoms with E-state index >= 15 is 0 Å². The first-order chi connectivity index (χ1) is 9.88. The number of aryl methyl sites for hydroxylation is 1. The van der Waals surface area contributed by atoms with Crippen LogP contribution in [0.5, 0.6) is 0 Å². The number of nitrogens with one attached hydrogen (secondary N) is 1. The molecule has 1 N–H and O–H groups in total. The molecule has 1 atom stereocenters. The number of sulfonamides is 1. The van der Waals surface area contributed by atoms with Gasteiger partial charge in [-0.15, -0.1) is 11.3 Å². The van der Waals surface area contributed by atoms with Gasteiger partial charge in [-0.25, -0.2) is 18.1 Å². The van der Waals surface area contributed by atoms with Crippen LogP contribution in [0.2, 0.25) is 0 Å². The Morgan fingerprint density at radius 2 is 2.33 bits per heavy atom. The van der Waals surface area contributed by atoms with Crippen molar-refractivity contribution in [2.24, 2.45) is 11.0 Å². The van der Waals surface area contributed by atoms with E-state index in [1.54, 1.807) is 17.6 Å². The molecule has 1 aromatic heterocycles. The number of carbonyl (C=O) groups excluding carboxylic acids is 1. The number of nitrogens with zero attached hydrogens (tertiary/aromatic N) is 2. The van der Waals surface area contributed by atoms with Crippen LogP contribution in [0.15, 0.2) is 16.5 Å². The highest BCUT2D eigenvalue weighted by molar-refractivity contribution is 7.88. The molecule has 6 nitrogen and oxygen atoms in total. The topological polar surface area (TPSA) is 78.8 Å². The first kappa shape index (κ1) is 16.1. The molecule has 116 valence electrons. The molecule has 2 heterocycles. The molecule has 1 fully saturated rings. The van der Waals surface area contributed by atoms with Crippen LogP contribution in [0.25, 0.3) is 0 Å². The number of amides is 1. The Hall–Kier alpha value is -1.25. The zero-order valence-corrected chi connectivity index (χ0v) is 13.7. The fraction of sp³-hybridized carbons (Fsp3) is 0.538. The van der Waals surface area contributed by atoms with Crippen molar-refractivity contribution in [3.8, 4) is 0 Å². The van der Waals surface area contributed by atoms with E-state index in [0.717, 1.165) is 10.4 Å². The van der Waals surface area contributed by atoms with Crippen LogP contribution in [-0.2, 0) is 14.8 Å². The van der Waals surface area contributed by atoms with E-state index in [1.165, 1.54) is 10.6 Å². The summed E-state index contributed by atoms with van der Waals surface area (Å²) in [6.45, 7) is 2.70. The van der Waals surface area contributed by atoms with Crippen molar-refractivity contribution >= 4 is 33.5 Å². The molecule has 1 unspecified atom stereocenters. The molecule has 1 saturated heterocycles. The minimum Gasteiger partial charge on any atom is -0.273 e. The molecule has 0 bridgehead atoms. The SMILES string of the molecule is Cc1ccsc1C=NNC(=O)C1CCCN(S(C)(=O)=O)C1. The Morgan fingerprint density at radius 3 is 2.95 bits per heavy atom. The summed E-state index contributed by atoms with van der Waals surface area (Å²) in [5.41, 5.74) is 3.62. The van der Waals surface area contributed by atoms with Gasteiger partial charge in [0.05, 0.1) is 18.4 Å². The molecule has 0 spiro atoms. The third kappa shape index (κ3) is 4.36. The second-order valence-electron chi connectivity index (χ2n) is 5.16. The summed E-state index contributed by atoms with van der Waals surface area (Å²) in [5, 5.41) is 5.92. The highest BCUT2D eigenvalue weighted by atomic mass is 32.2. The Morgan fingerprint density at radius 1 is 1.57 bits per heavy atom. The third-order valence-electron chi connectivity index (χ3n) is 3.48. The molecule has 8 heteroatoms. The van der Waals surface area contributed by atoms with E-state index in [4.69, 9.17) is 0 Å². The standard InChI is InChI=1S/C13H19N3O3S2/c1-10-5-7-20-12(10)8-14-15-13(17)11-4-3-6-16(9-11)21(2,18)19/h5,7-8,11H,3-4,6,9H2,1-2H3,(H,15,17). The van der Waals surface area contributed by atoms with Crippen LogP contribution >= 0.6 is 11.3 Å². The normalized spacial score (nSPS) is 20.8. The molecule has 1 aliphatic rings. The fourth-order valence-electron chi connectivity index (χ4n) is 2.22. The highest BCUT2D eigenvalue weighted by Crippen LogP contribution is 2.18. The molecule has 1 amide bonds. The van der Waals surface area contributed by atoms with Crippen LogP contribution in [-0.4, -0.2) is 44.2 Å². The lowest BCUT2D eigenvalue weighted by atomic mass is 9.99. The number of carbonyl (C=O) groups is 1. The summed E-state index contributed by atoms with van der Waals surface area (Å²) in [4.78, 5) is 13.0. The average Bonchev–Trinajstić information content (AvgIpc) is 2.83. The minimum atomic E-state index is -3.24. The van der Waals surface area contributed by atoms with E-state index in [9.17, 15) is 13.2 Å². The maximum Gasteiger partial charge on any atom is 0.244 e. The predicted molar refractivity (Wildman–Crippen MR) is 83.9 cm³/mol. The lowest BCUT2D eigenvalue weighted by Gasteiger charge is -2.29. The van der Waals surface area contributed by atoms with Crippen molar-refractivity contribution in [3.63, 3.8) is 0 Å². The van der Waals surface area contributed by atoms with Crippen LogP contribution in [0.1, 0.15) is 23.3 Å². The molecule has 1 aliphatic heterocycles. The monoisotopic (exact) mass is 329 g/mol. The predicted octanol–water partition coefficient (Wildman–Crippen LogP) is 1.18. The minimum absolute atomic E-state index is 0.228. The molecule has 2 rings (SSSR count). The summed E-state index contributed by atoms with van der Waals surface area (Å²) in [6.07, 6.45) is 4.17. The maximum absolute atomic E-state index is 12.0. The molecular formula is C13H19N3O3S2. The van der Waals surface area contributed by atoms with Crippen molar-refractivity contribution in [2.45, 2.75) is 19.8 Å². The van der Waals surface area contributed by atoms with Gasteiger partial charge in [0.25, 0.3) is 0 Å². The van der Waals surface area contributed by atoms with E-state index in [1.807, 2.05) is 18.4 Å². The summed E-state index contributed by atoms with van der Waals surface area (Å²) >= 11 is 1.55. The summed E-state index contributed by atoms with van der Waals surface area (Å²) < 4.78 is 24.4. The molecule has 21 heavy (non-hydrogen) atoms. The summed E-state index contributed by atoms with van der Waals surface area (Å²) in [6, 6.07) is 1.99. The Bertz CT molecular complexity index is 637. The Labute approximate surface area is 128 Å². The highest BCUT2D eigenvalue weighted by Gasteiger charge is 2.29. The van der Waals surface area contributed by atoms with Gasteiger partial charge in [0.2, 0.25) is 15.9 Å². The number of piperidine rings is 1. The van der Waals surface area contributed by atoms with Crippen LogP contribution < -0.4 is 5.43 Å². The zero-order chi connectivity index (χ0) is 15.5. The van der Waals surface area contributed by atoms with E-state index in [2.05, 4.69) is 10.5 Å². The first-order valence-electron chi connectivity index (χ1n) is 6.70. The zero-order valence-electron chi connectivity index (χ0n) is 12.1. The van der Waals surface area contributed by atoms with Crippen molar-refractivity contribution in [3.05, 3.63) is 21.9 Å². The van der Waals surface area contributed by atoms with Crippen molar-refractivity contribution < 1.29 is 13.2 Å². The largest absolute Gasteiger partial charge is 0.273 e. The number of hydrogen-bond donors (Lipinski definition) is 1. The molecule has 0 aliphatic carbocycles. The number of hydrazone groups is 1. The first-order valence-corrected chi connectivity index (χ1v) is 9.43. The smallest absolute Gasteiger partial charge is 0.244 e. The molecule has 1 aromatic rings. The lowest BCUT2D eigenvalue weighted by molar-refractivity contribution is -0.126. The Kier molecular flexibility index (Phi) is 5.13. The van der Waals surface area contributed by atoms with Crippen LogP contribution in [0.4, 0.5) is 0 Å². The number of thiophene rings is 1. The van der Waals surface area contributed by atoms with Gasteiger partial charge in [-0.1, -0.05) is 0 Å². The molecule has 0 saturated carbocycles. The van der Waals surface area contributed by atoms with Gasteiger partial charge < -0.3 is 0 Å². The van der Waals surface area contributed by atoms with E-state index < -0.39 is 10.0 Å². The van der Waals surface area contributed by atoms with Gasteiger partial charge in [0.15, 0.2) is 0 Å². The van der Waals surface area contributed by atoms with E-state index in [0.29, 0.717) is 19.4 Å². The van der Waals surface area contributed by atoms with Gasteiger partial charge in [0, 0.05) is 18.0 Å². The van der Waals surface area contributed by atoms with Gasteiger partial charge in [-0.05, 0) is 36.8 Å². The van der Waals surface area contributed by atoms with Crippen molar-refractivity contribution in [1.29, 1.82) is 0 Å². The molecular weight excluding hydrogens is 310 g/mol. The second-order valence-corrected chi connectivity index (χ2v) is 8.09. The maximum atomic E-state index is 12.0. The quantitative estimate of drug-likeness (QED) is 0.665. The van der Waals surface area contributed by atoms with Gasteiger partial charge in [-0.2, -0.15) is 5.10 Å². The lowest BCUT2D eigenvalue weighted by Crippen LogP contribution is -2.44. The summed E-state index contributed by atoms with van der Waals surface area (Å²) in [5.74, 6) is -0.566. The van der Waals surface area contributed by atoms with E-state index in [-0.39, 0.29) is 18.4 Å². The third-order valence-corrected chi connectivity index (χ3v) is 5.71. The van der Waals surface area contributed by atoms with Gasteiger partial charge in [0.1, 0.15) is 0 Å². The second kappa shape index (κ2) is 6.67. The van der Waals surface area contributed by atoms with Gasteiger partial charge >= 0.3 is 0 Å². The average molecular weight is 329 g/mol. The molecule has 0 radical (unpaired) electrons. The van der Waals surface area contributed by atoms with Crippen molar-refractivity contribution in [1.82, 2.24) is 9.73 Å². The van der Waals surface area contributed by atoms with Crippen LogP contribution in [0, 0.1) is 12.8 Å².